The largest absolute Gasteiger partial charge is 0.394 e. The van der Waals surface area contributed by atoms with Crippen LogP contribution in [0.5, 0.6) is 0 Å². The van der Waals surface area contributed by atoms with Gasteiger partial charge in [-0.25, -0.2) is 0 Å². The van der Waals surface area contributed by atoms with Gasteiger partial charge in [0.15, 0.2) is 0 Å². The molecular weight excluding hydrogens is 566 g/mol. The Balaban J connectivity index is 1.54. The Morgan fingerprint density at radius 1 is 0.907 bits per heavy atom. The zero-order valence-electron chi connectivity index (χ0n) is 24.7. The fourth-order valence-electron chi connectivity index (χ4n) is 7.60. The van der Waals surface area contributed by atoms with Crippen molar-refractivity contribution < 1.29 is 24.2 Å². The maximum Gasteiger partial charge on any atom is 0.253 e. The van der Waals surface area contributed by atoms with Gasteiger partial charge >= 0.3 is 0 Å². The van der Waals surface area contributed by atoms with E-state index >= 15 is 0 Å². The lowest BCUT2D eigenvalue weighted by molar-refractivity contribution is -0.150. The highest BCUT2D eigenvalue weighted by atomic mass is 35.5. The number of aliphatic hydroxyl groups is 1. The highest BCUT2D eigenvalue weighted by molar-refractivity contribution is 6.34. The SMILES string of the molecule is CC[C@H](C)[C@H](CO)N1C(=O)[C@@H]2[C@H]3C(=O)N(c4ccccc4)CC=C[C@@]3(CC)O[C@@]23C=CCN(c2ccccc2Cl)C(=O)C13. The number of amides is 3. The van der Waals surface area contributed by atoms with Gasteiger partial charge in [-0.1, -0.05) is 93.4 Å². The van der Waals surface area contributed by atoms with Crippen molar-refractivity contribution in [2.24, 2.45) is 17.8 Å². The second-order valence-electron chi connectivity index (χ2n) is 12.0. The number of ether oxygens (including phenoxy) is 1. The van der Waals surface area contributed by atoms with Crippen LogP contribution in [0.25, 0.3) is 0 Å². The van der Waals surface area contributed by atoms with E-state index in [4.69, 9.17) is 16.3 Å². The molecule has 0 aliphatic carbocycles. The summed E-state index contributed by atoms with van der Waals surface area (Å²) in [7, 11) is 0. The second-order valence-corrected chi connectivity index (χ2v) is 12.4. The van der Waals surface area contributed by atoms with Gasteiger partial charge in [0.2, 0.25) is 11.8 Å². The molecule has 43 heavy (non-hydrogen) atoms. The number of hydrogen-bond acceptors (Lipinski definition) is 5. The van der Waals surface area contributed by atoms with E-state index in [-0.39, 0.29) is 36.8 Å². The number of aliphatic hydroxyl groups excluding tert-OH is 1. The summed E-state index contributed by atoms with van der Waals surface area (Å²) in [6.07, 6.45) is 8.65. The number of hydrogen-bond donors (Lipinski definition) is 1. The Bertz CT molecular complexity index is 1480. The van der Waals surface area contributed by atoms with Crippen LogP contribution in [0.2, 0.25) is 5.02 Å². The highest BCUT2D eigenvalue weighted by Gasteiger charge is 2.76. The summed E-state index contributed by atoms with van der Waals surface area (Å²) in [4.78, 5) is 49.1. The molecule has 4 heterocycles. The summed E-state index contributed by atoms with van der Waals surface area (Å²) in [5.74, 6) is -2.87. The first kappa shape index (κ1) is 29.6. The van der Waals surface area contributed by atoms with E-state index in [1.165, 1.54) is 4.90 Å². The Labute approximate surface area is 257 Å². The molecule has 0 radical (unpaired) electrons. The van der Waals surface area contributed by atoms with Crippen LogP contribution in [0.15, 0.2) is 78.9 Å². The molecule has 0 aromatic heterocycles. The molecule has 0 saturated carbocycles. The van der Waals surface area contributed by atoms with E-state index in [1.807, 2.05) is 81.5 Å². The Morgan fingerprint density at radius 3 is 2.26 bits per heavy atom. The molecule has 2 fully saturated rings. The predicted octanol–water partition coefficient (Wildman–Crippen LogP) is 4.61. The van der Waals surface area contributed by atoms with Crippen LogP contribution in [0, 0.1) is 17.8 Å². The summed E-state index contributed by atoms with van der Waals surface area (Å²) in [5.41, 5.74) is -1.26. The summed E-state index contributed by atoms with van der Waals surface area (Å²) in [6.45, 7) is 6.14. The topological polar surface area (TPSA) is 90.4 Å². The first-order chi connectivity index (χ1) is 20.7. The number of rotatable bonds is 7. The number of para-hydroxylation sites is 2. The van der Waals surface area contributed by atoms with Crippen molar-refractivity contribution >= 4 is 40.7 Å². The minimum absolute atomic E-state index is 0.111. The first-order valence-corrected chi connectivity index (χ1v) is 15.5. The summed E-state index contributed by atoms with van der Waals surface area (Å²) < 4.78 is 7.08. The molecule has 4 aliphatic rings. The smallest absolute Gasteiger partial charge is 0.253 e. The van der Waals surface area contributed by atoms with Gasteiger partial charge < -0.3 is 24.5 Å². The normalized spacial score (nSPS) is 31.4. The lowest BCUT2D eigenvalue weighted by Gasteiger charge is -2.42. The molecule has 9 heteroatoms. The van der Waals surface area contributed by atoms with Gasteiger partial charge in [-0.2, -0.15) is 0 Å². The van der Waals surface area contributed by atoms with Crippen LogP contribution in [0.1, 0.15) is 33.6 Å². The van der Waals surface area contributed by atoms with Crippen molar-refractivity contribution in [2.75, 3.05) is 29.5 Å². The van der Waals surface area contributed by atoms with Gasteiger partial charge in [-0.3, -0.25) is 14.4 Å². The third-order valence-electron chi connectivity index (χ3n) is 9.93. The summed E-state index contributed by atoms with van der Waals surface area (Å²) in [6, 6.07) is 14.8. The third-order valence-corrected chi connectivity index (χ3v) is 10.3. The van der Waals surface area contributed by atoms with Crippen LogP contribution < -0.4 is 9.80 Å². The molecule has 1 N–H and O–H groups in total. The lowest BCUT2D eigenvalue weighted by Crippen LogP contribution is -2.60. The van der Waals surface area contributed by atoms with Gasteiger partial charge in [0.05, 0.1) is 40.8 Å². The molecular formula is C34H38ClN3O5. The van der Waals surface area contributed by atoms with Crippen LogP contribution >= 0.6 is 11.6 Å². The van der Waals surface area contributed by atoms with Crippen molar-refractivity contribution in [3.05, 3.63) is 83.9 Å². The maximum absolute atomic E-state index is 14.9. The Kier molecular flexibility index (Phi) is 7.73. The highest BCUT2D eigenvalue weighted by Crippen LogP contribution is 2.59. The number of fused-ring (bicyclic) bond motifs is 2. The number of halogens is 1. The van der Waals surface area contributed by atoms with Crippen molar-refractivity contribution in [1.82, 2.24) is 4.90 Å². The molecule has 2 saturated heterocycles. The zero-order chi connectivity index (χ0) is 30.5. The average Bonchev–Trinajstić information content (AvgIpc) is 3.31. The monoisotopic (exact) mass is 603 g/mol. The maximum atomic E-state index is 14.9. The van der Waals surface area contributed by atoms with Crippen molar-refractivity contribution in [1.29, 1.82) is 0 Å². The van der Waals surface area contributed by atoms with Crippen molar-refractivity contribution in [3.63, 3.8) is 0 Å². The predicted molar refractivity (Wildman–Crippen MR) is 166 cm³/mol. The molecule has 8 nitrogen and oxygen atoms in total. The van der Waals surface area contributed by atoms with Gasteiger partial charge in [0.1, 0.15) is 11.6 Å². The molecule has 226 valence electrons. The van der Waals surface area contributed by atoms with Gasteiger partial charge in [-0.05, 0) is 36.6 Å². The lowest BCUT2D eigenvalue weighted by atomic mass is 9.73. The average molecular weight is 604 g/mol. The number of nitrogens with zero attached hydrogens (tertiary/aromatic N) is 3. The van der Waals surface area contributed by atoms with Crippen LogP contribution in [-0.2, 0) is 19.1 Å². The number of carbonyl (C=O) groups excluding carboxylic acids is 3. The fraction of sp³-hybridized carbons (Fsp3) is 0.441. The van der Waals surface area contributed by atoms with E-state index in [1.54, 1.807) is 28.0 Å². The van der Waals surface area contributed by atoms with Crippen molar-refractivity contribution in [3.8, 4) is 0 Å². The van der Waals surface area contributed by atoms with Crippen LogP contribution in [0.3, 0.4) is 0 Å². The molecule has 2 aromatic carbocycles. The van der Waals surface area contributed by atoms with E-state index in [0.29, 0.717) is 30.1 Å². The second kappa shape index (κ2) is 11.2. The minimum Gasteiger partial charge on any atom is -0.394 e. The van der Waals surface area contributed by atoms with Gasteiger partial charge in [-0.15, -0.1) is 0 Å². The standard InChI is InChI=1S/C34H38ClN3O5/c1-4-22(3)26(21-39)38-29-32(42)37(25-16-10-9-15-24(25)35)20-12-18-34(29)28(31(38)41)27-30(40)36(23-13-7-6-8-14-23)19-11-17-33(27,5-2)43-34/h6-18,22,26-29,39H,4-5,19-21H2,1-3H3/t22-,26-,27-,28-,29?,33+,34-/m0/s1. The van der Waals surface area contributed by atoms with Crippen molar-refractivity contribution in [2.45, 2.75) is 56.9 Å². The number of likely N-dealkylation sites (tertiary alicyclic amines) is 1. The van der Waals surface area contributed by atoms with Crippen LogP contribution in [0.4, 0.5) is 11.4 Å². The molecule has 4 aliphatic heterocycles. The number of benzene rings is 2. The molecule has 1 spiro atoms. The van der Waals surface area contributed by atoms with Gasteiger partial charge in [0, 0.05) is 18.8 Å². The molecule has 0 bridgehead atoms. The Morgan fingerprint density at radius 2 is 1.58 bits per heavy atom. The molecule has 6 rings (SSSR count). The van der Waals surface area contributed by atoms with E-state index in [0.717, 1.165) is 5.69 Å². The first-order valence-electron chi connectivity index (χ1n) is 15.2. The minimum atomic E-state index is -1.43. The third kappa shape index (κ3) is 4.37. The molecule has 3 amide bonds. The van der Waals surface area contributed by atoms with E-state index in [9.17, 15) is 19.5 Å². The Hall–Kier alpha value is -3.46. The van der Waals surface area contributed by atoms with Gasteiger partial charge in [0.25, 0.3) is 5.91 Å². The molecule has 1 unspecified atom stereocenters. The molecule has 2 aromatic rings. The number of carbonyl (C=O) groups is 3. The quantitative estimate of drug-likeness (QED) is 0.467. The fourth-order valence-corrected chi connectivity index (χ4v) is 7.84. The summed E-state index contributed by atoms with van der Waals surface area (Å²) >= 11 is 6.58. The number of anilines is 2. The van der Waals surface area contributed by atoms with E-state index < -0.39 is 35.1 Å². The van der Waals surface area contributed by atoms with E-state index in [2.05, 4.69) is 0 Å². The summed E-state index contributed by atoms with van der Waals surface area (Å²) in [5, 5.41) is 11.1. The zero-order valence-corrected chi connectivity index (χ0v) is 25.5. The molecule has 7 atom stereocenters. The van der Waals surface area contributed by atoms with Crippen LogP contribution in [-0.4, -0.2) is 70.7 Å².